The molecule has 4 nitrogen and oxygen atoms in total. The summed E-state index contributed by atoms with van der Waals surface area (Å²) in [4.78, 5) is 10.8. The molecular weight excluding hydrogens is 227 g/mol. The molecule has 0 amide bonds. The summed E-state index contributed by atoms with van der Waals surface area (Å²) in [5.74, 6) is -0.451. The molecule has 5 heteroatoms. The number of halogens is 1. The Balaban J connectivity index is 2.09. The van der Waals surface area contributed by atoms with Crippen molar-refractivity contribution in [3.05, 3.63) is 23.5 Å². The van der Waals surface area contributed by atoms with Gasteiger partial charge in [0.05, 0.1) is 6.42 Å². The number of fused-ring (bicyclic) bond motifs is 1. The van der Waals surface area contributed by atoms with E-state index < -0.39 is 17.2 Å². The SMILES string of the molecule is O=C(O)CC1(c2c(F)ccc3c2OCO3)CC1. The van der Waals surface area contributed by atoms with E-state index in [0.29, 0.717) is 29.9 Å². The molecule has 1 aromatic carbocycles. The third kappa shape index (κ3) is 1.53. The summed E-state index contributed by atoms with van der Waals surface area (Å²) in [6.07, 6.45) is 1.29. The summed E-state index contributed by atoms with van der Waals surface area (Å²) in [6, 6.07) is 2.82. The first-order chi connectivity index (χ1) is 8.12. The highest BCUT2D eigenvalue weighted by molar-refractivity contribution is 5.71. The van der Waals surface area contributed by atoms with Crippen molar-refractivity contribution in [2.45, 2.75) is 24.7 Å². The predicted octanol–water partition coefficient (Wildman–Crippen LogP) is 2.06. The first kappa shape index (κ1) is 10.4. The second-order valence-electron chi connectivity index (χ2n) is 4.51. The zero-order valence-electron chi connectivity index (χ0n) is 9.03. The Morgan fingerprint density at radius 3 is 2.82 bits per heavy atom. The summed E-state index contributed by atoms with van der Waals surface area (Å²) in [6.45, 7) is 0.0644. The van der Waals surface area contributed by atoms with Crippen LogP contribution in [0.15, 0.2) is 12.1 Å². The summed E-state index contributed by atoms with van der Waals surface area (Å²) in [7, 11) is 0. The van der Waals surface area contributed by atoms with Crippen LogP contribution in [0, 0.1) is 5.82 Å². The highest BCUT2D eigenvalue weighted by Crippen LogP contribution is 2.57. The van der Waals surface area contributed by atoms with E-state index in [1.54, 1.807) is 0 Å². The fourth-order valence-corrected chi connectivity index (χ4v) is 2.40. The standard InChI is InChI=1S/C12H11FO4/c13-7-1-2-8-11(17-6-16-8)10(7)12(3-4-12)5-9(14)15/h1-2H,3-6H2,(H,14,15). The minimum absolute atomic E-state index is 0.0644. The lowest BCUT2D eigenvalue weighted by Gasteiger charge is -2.16. The van der Waals surface area contributed by atoms with Gasteiger partial charge in [-0.1, -0.05) is 0 Å². The molecule has 3 rings (SSSR count). The summed E-state index contributed by atoms with van der Waals surface area (Å²) < 4.78 is 24.4. The van der Waals surface area contributed by atoms with Crippen molar-refractivity contribution in [3.63, 3.8) is 0 Å². The Morgan fingerprint density at radius 2 is 2.18 bits per heavy atom. The average molecular weight is 238 g/mol. The third-order valence-electron chi connectivity index (χ3n) is 3.36. The van der Waals surface area contributed by atoms with Crippen LogP contribution in [0.2, 0.25) is 0 Å². The smallest absolute Gasteiger partial charge is 0.304 e. The molecule has 1 N–H and O–H groups in total. The number of carboxylic acid groups (broad SMARTS) is 1. The van der Waals surface area contributed by atoms with E-state index in [-0.39, 0.29) is 13.2 Å². The number of rotatable bonds is 3. The van der Waals surface area contributed by atoms with E-state index in [9.17, 15) is 9.18 Å². The van der Waals surface area contributed by atoms with Gasteiger partial charge >= 0.3 is 5.97 Å². The van der Waals surface area contributed by atoms with Gasteiger partial charge in [0.15, 0.2) is 11.5 Å². The molecule has 1 saturated carbocycles. The summed E-state index contributed by atoms with van der Waals surface area (Å²) in [5.41, 5.74) is -0.232. The van der Waals surface area contributed by atoms with Crippen LogP contribution >= 0.6 is 0 Å². The molecule has 0 atom stereocenters. The van der Waals surface area contributed by atoms with Gasteiger partial charge in [-0.3, -0.25) is 4.79 Å². The summed E-state index contributed by atoms with van der Waals surface area (Å²) in [5, 5.41) is 8.90. The van der Waals surface area contributed by atoms with Gasteiger partial charge in [0.1, 0.15) is 5.82 Å². The topological polar surface area (TPSA) is 55.8 Å². The molecule has 0 aromatic heterocycles. The maximum Gasteiger partial charge on any atom is 0.304 e. The van der Waals surface area contributed by atoms with Gasteiger partial charge in [-0.15, -0.1) is 0 Å². The van der Waals surface area contributed by atoms with E-state index in [1.165, 1.54) is 12.1 Å². The Labute approximate surface area is 97.0 Å². The maximum absolute atomic E-state index is 13.9. The van der Waals surface area contributed by atoms with Crippen LogP contribution in [0.25, 0.3) is 0 Å². The van der Waals surface area contributed by atoms with Crippen molar-refractivity contribution in [3.8, 4) is 11.5 Å². The molecule has 1 aromatic rings. The van der Waals surface area contributed by atoms with Gasteiger partial charge in [0.2, 0.25) is 6.79 Å². The van der Waals surface area contributed by atoms with E-state index in [0.717, 1.165) is 0 Å². The third-order valence-corrected chi connectivity index (χ3v) is 3.36. The number of benzene rings is 1. The van der Waals surface area contributed by atoms with Crippen LogP contribution in [-0.2, 0) is 10.2 Å². The first-order valence-corrected chi connectivity index (χ1v) is 5.43. The highest BCUT2D eigenvalue weighted by atomic mass is 19.1. The number of ether oxygens (including phenoxy) is 2. The average Bonchev–Trinajstić information content (AvgIpc) is 2.87. The van der Waals surface area contributed by atoms with Gasteiger partial charge in [0.25, 0.3) is 0 Å². The van der Waals surface area contributed by atoms with Crippen LogP contribution in [-0.4, -0.2) is 17.9 Å². The predicted molar refractivity (Wildman–Crippen MR) is 55.7 cm³/mol. The molecule has 0 spiro atoms. The lowest BCUT2D eigenvalue weighted by Crippen LogP contribution is -2.15. The van der Waals surface area contributed by atoms with Crippen molar-refractivity contribution < 1.29 is 23.8 Å². The molecule has 1 aliphatic heterocycles. The Bertz CT molecular complexity index is 494. The monoisotopic (exact) mass is 238 g/mol. The Morgan fingerprint density at radius 1 is 1.41 bits per heavy atom. The van der Waals surface area contributed by atoms with Gasteiger partial charge in [-0.05, 0) is 25.0 Å². The van der Waals surface area contributed by atoms with E-state index in [1.807, 2.05) is 0 Å². The molecule has 1 heterocycles. The van der Waals surface area contributed by atoms with Gasteiger partial charge < -0.3 is 14.6 Å². The lowest BCUT2D eigenvalue weighted by atomic mass is 9.91. The van der Waals surface area contributed by atoms with Crippen molar-refractivity contribution in [2.75, 3.05) is 6.79 Å². The number of carboxylic acids is 1. The van der Waals surface area contributed by atoms with Crippen molar-refractivity contribution in [1.29, 1.82) is 0 Å². The van der Waals surface area contributed by atoms with E-state index >= 15 is 0 Å². The Hall–Kier alpha value is -1.78. The van der Waals surface area contributed by atoms with Crippen LogP contribution in [0.3, 0.4) is 0 Å². The molecule has 1 fully saturated rings. The molecule has 0 radical (unpaired) electrons. The molecule has 17 heavy (non-hydrogen) atoms. The van der Waals surface area contributed by atoms with Gasteiger partial charge in [-0.2, -0.15) is 0 Å². The fourth-order valence-electron chi connectivity index (χ4n) is 2.40. The highest BCUT2D eigenvalue weighted by Gasteiger charge is 2.50. The minimum atomic E-state index is -0.918. The number of aliphatic carboxylic acids is 1. The molecule has 2 aliphatic rings. The van der Waals surface area contributed by atoms with Crippen molar-refractivity contribution in [2.24, 2.45) is 0 Å². The van der Waals surface area contributed by atoms with Gasteiger partial charge in [-0.25, -0.2) is 4.39 Å². The number of hydrogen-bond donors (Lipinski definition) is 1. The second-order valence-corrected chi connectivity index (χ2v) is 4.51. The first-order valence-electron chi connectivity index (χ1n) is 5.43. The normalized spacial score (nSPS) is 19.1. The zero-order valence-corrected chi connectivity index (χ0v) is 9.03. The van der Waals surface area contributed by atoms with E-state index in [4.69, 9.17) is 14.6 Å². The largest absolute Gasteiger partial charge is 0.481 e. The van der Waals surface area contributed by atoms with Crippen molar-refractivity contribution >= 4 is 5.97 Å². The van der Waals surface area contributed by atoms with Crippen LogP contribution in [0.5, 0.6) is 11.5 Å². The maximum atomic E-state index is 13.9. The molecule has 90 valence electrons. The zero-order chi connectivity index (χ0) is 12.0. The van der Waals surface area contributed by atoms with Gasteiger partial charge in [0, 0.05) is 11.0 Å². The molecule has 0 saturated heterocycles. The number of hydrogen-bond acceptors (Lipinski definition) is 3. The summed E-state index contributed by atoms with van der Waals surface area (Å²) >= 11 is 0. The Kier molecular flexibility index (Phi) is 2.05. The minimum Gasteiger partial charge on any atom is -0.481 e. The van der Waals surface area contributed by atoms with Crippen LogP contribution in [0.1, 0.15) is 24.8 Å². The fraction of sp³-hybridized carbons (Fsp3) is 0.417. The van der Waals surface area contributed by atoms with E-state index in [2.05, 4.69) is 0 Å². The quantitative estimate of drug-likeness (QED) is 0.875. The molecule has 0 bridgehead atoms. The van der Waals surface area contributed by atoms with Crippen LogP contribution < -0.4 is 9.47 Å². The lowest BCUT2D eigenvalue weighted by molar-refractivity contribution is -0.137. The number of carbonyl (C=O) groups is 1. The van der Waals surface area contributed by atoms with Crippen LogP contribution in [0.4, 0.5) is 4.39 Å². The molecular formula is C12H11FO4. The van der Waals surface area contributed by atoms with Crippen molar-refractivity contribution in [1.82, 2.24) is 0 Å². The second kappa shape index (κ2) is 3.35. The molecule has 1 aliphatic carbocycles. The molecule has 0 unspecified atom stereocenters.